The van der Waals surface area contributed by atoms with E-state index < -0.39 is 14.9 Å². The summed E-state index contributed by atoms with van der Waals surface area (Å²) >= 11 is 0. The number of hydrogen-bond donors (Lipinski definition) is 0. The van der Waals surface area contributed by atoms with Gasteiger partial charge in [0.15, 0.2) is 0 Å². The number of pyridine rings is 2. The Hall–Kier alpha value is -7.54. The molecule has 0 saturated heterocycles. The number of rotatable bonds is 7. The Labute approximate surface area is 415 Å². The summed E-state index contributed by atoms with van der Waals surface area (Å²) in [7, 11) is -1.23. The first kappa shape index (κ1) is 40.7. The number of para-hydroxylation sites is 3. The van der Waals surface area contributed by atoms with Gasteiger partial charge < -0.3 is 14.0 Å². The van der Waals surface area contributed by atoms with Crippen molar-refractivity contribution in [2.45, 2.75) is 26.5 Å². The number of hydrogen-bond acceptors (Lipinski definition) is 4. The second kappa shape index (κ2) is 18.6. The van der Waals surface area contributed by atoms with E-state index in [2.05, 4.69) is 138 Å². The molecule has 4 aromatic heterocycles. The SMILES string of the molecule is C[Si](C)(C)c1ccc(-c2[c-]cccc2)nc1.[2H]C([2H])([2H])c1ccc(-c2nc3oc4c(-c5nc6ccccc6n5-c5c(-c6ccccc6)cccc5-c5ccccc5)[c-]ccc4c3c3ccccc23)cc1.[Ir]. The van der Waals surface area contributed by atoms with Gasteiger partial charge in [-0.2, -0.15) is 0 Å². The Morgan fingerprint density at radius 1 is 0.574 bits per heavy atom. The molecule has 1 radical (unpaired) electrons. The maximum Gasteiger partial charge on any atom is 0.217 e. The summed E-state index contributed by atoms with van der Waals surface area (Å²) in [6, 6.07) is 73.6. The summed E-state index contributed by atoms with van der Waals surface area (Å²) in [5.41, 5.74) is 12.8. The monoisotopic (exact) mass is 1070 g/mol. The number of imidazole rings is 1. The number of furan rings is 1. The fourth-order valence-corrected chi connectivity index (χ4v) is 9.96. The van der Waals surface area contributed by atoms with Crippen molar-refractivity contribution in [3.8, 4) is 61.8 Å². The van der Waals surface area contributed by atoms with Crippen LogP contribution in [0.4, 0.5) is 0 Å². The Morgan fingerprint density at radius 3 is 1.91 bits per heavy atom. The summed E-state index contributed by atoms with van der Waals surface area (Å²) in [5.74, 6) is 0.700. The van der Waals surface area contributed by atoms with Crippen LogP contribution in [0.5, 0.6) is 0 Å². The van der Waals surface area contributed by atoms with Gasteiger partial charge >= 0.3 is 0 Å². The van der Waals surface area contributed by atoms with Crippen LogP contribution in [-0.4, -0.2) is 27.6 Å². The average molecular weight is 1070 g/mol. The molecule has 0 atom stereocenters. The van der Waals surface area contributed by atoms with E-state index in [9.17, 15) is 0 Å². The van der Waals surface area contributed by atoms with Crippen molar-refractivity contribution in [3.05, 3.63) is 224 Å². The van der Waals surface area contributed by atoms with Crippen LogP contribution in [0, 0.1) is 19.0 Å². The van der Waals surface area contributed by atoms with Crippen molar-refractivity contribution >= 4 is 57.1 Å². The van der Waals surface area contributed by atoms with E-state index in [1.165, 1.54) is 5.19 Å². The summed E-state index contributed by atoms with van der Waals surface area (Å²) in [6.45, 7) is 4.80. The largest absolute Gasteiger partial charge is 0.486 e. The predicted molar refractivity (Wildman–Crippen MR) is 280 cm³/mol. The van der Waals surface area contributed by atoms with Crippen molar-refractivity contribution in [2.24, 2.45) is 0 Å². The third-order valence-electron chi connectivity index (χ3n) is 12.3. The van der Waals surface area contributed by atoms with E-state index >= 15 is 0 Å². The van der Waals surface area contributed by atoms with Gasteiger partial charge in [-0.15, -0.1) is 54.1 Å². The quantitative estimate of drug-likeness (QED) is 0.118. The maximum absolute atomic E-state index is 7.85. The Balaban J connectivity index is 0.000000292. The Kier molecular flexibility index (Phi) is 11.1. The third-order valence-corrected chi connectivity index (χ3v) is 14.3. The van der Waals surface area contributed by atoms with Crippen LogP contribution < -0.4 is 5.19 Å². The molecule has 8 aromatic carbocycles. The molecule has 0 spiro atoms. The first-order chi connectivity index (χ1) is 34.0. The molecule has 0 aliphatic heterocycles. The molecule has 12 aromatic rings. The van der Waals surface area contributed by atoms with Crippen LogP contribution in [0.1, 0.15) is 9.68 Å². The van der Waals surface area contributed by atoms with Crippen LogP contribution >= 0.6 is 0 Å². The number of benzene rings is 8. The Morgan fingerprint density at radius 2 is 1.25 bits per heavy atom. The van der Waals surface area contributed by atoms with Gasteiger partial charge in [0.05, 0.1) is 41.9 Å². The molecule has 0 unspecified atom stereocenters. The van der Waals surface area contributed by atoms with Gasteiger partial charge in [-0.25, -0.2) is 4.98 Å². The average Bonchev–Trinajstić information content (AvgIpc) is 3.98. The van der Waals surface area contributed by atoms with Gasteiger partial charge in [0.1, 0.15) is 0 Å². The van der Waals surface area contributed by atoms with Crippen molar-refractivity contribution < 1.29 is 28.6 Å². The summed E-state index contributed by atoms with van der Waals surface area (Å²) in [5, 5.41) is 5.14. The van der Waals surface area contributed by atoms with Crippen LogP contribution in [0.2, 0.25) is 19.6 Å². The number of fused-ring (bicyclic) bond motifs is 6. The van der Waals surface area contributed by atoms with Crippen LogP contribution in [0.15, 0.2) is 211 Å². The van der Waals surface area contributed by atoms with E-state index in [-0.39, 0.29) is 25.7 Å². The molecular weight excluding hydrogens is 1030 g/mol. The fourth-order valence-electron chi connectivity index (χ4n) is 8.93. The Bertz CT molecular complexity index is 3780. The molecule has 0 aliphatic carbocycles. The van der Waals surface area contributed by atoms with Crippen LogP contribution in [0.3, 0.4) is 0 Å². The third kappa shape index (κ3) is 8.30. The van der Waals surface area contributed by atoms with Crippen molar-refractivity contribution in [3.63, 3.8) is 0 Å². The second-order valence-electron chi connectivity index (χ2n) is 17.6. The van der Waals surface area contributed by atoms with E-state index in [0.29, 0.717) is 17.1 Å². The molecule has 0 fully saturated rings. The normalized spacial score (nSPS) is 12.2. The van der Waals surface area contributed by atoms with Gasteiger partial charge in [0.25, 0.3) is 0 Å². The second-order valence-corrected chi connectivity index (χ2v) is 22.7. The summed E-state index contributed by atoms with van der Waals surface area (Å²) < 4.78 is 32.6. The van der Waals surface area contributed by atoms with Gasteiger partial charge in [-0.05, 0) is 46.4 Å². The van der Waals surface area contributed by atoms with Crippen LogP contribution in [0.25, 0.3) is 106 Å². The summed E-state index contributed by atoms with van der Waals surface area (Å²) in [6.07, 6.45) is 2.02. The van der Waals surface area contributed by atoms with Gasteiger partial charge in [-0.1, -0.05) is 188 Å². The van der Waals surface area contributed by atoms with E-state index in [4.69, 9.17) is 18.5 Å². The topological polar surface area (TPSA) is 56.7 Å². The number of aryl methyl sites for hydroxylation is 1. The predicted octanol–water partition coefficient (Wildman–Crippen LogP) is 15.3. The molecule has 4 heterocycles. The molecule has 0 N–H and O–H groups in total. The molecule has 7 heteroatoms. The van der Waals surface area contributed by atoms with Gasteiger partial charge in [0, 0.05) is 57.9 Å². The van der Waals surface area contributed by atoms with Gasteiger partial charge in [0.2, 0.25) is 5.71 Å². The molecule has 68 heavy (non-hydrogen) atoms. The summed E-state index contributed by atoms with van der Waals surface area (Å²) in [4.78, 5) is 14.9. The molecule has 0 aliphatic rings. The molecule has 0 bridgehead atoms. The molecule has 5 nitrogen and oxygen atoms in total. The minimum Gasteiger partial charge on any atom is -0.486 e. The molecule has 0 amide bonds. The number of aromatic nitrogens is 4. The van der Waals surface area contributed by atoms with E-state index in [1.54, 1.807) is 12.1 Å². The van der Waals surface area contributed by atoms with Gasteiger partial charge in [-0.3, -0.25) is 4.98 Å². The molecule has 12 rings (SSSR count). The minimum atomic E-state index is -2.19. The van der Waals surface area contributed by atoms with E-state index in [0.717, 1.165) is 88.6 Å². The zero-order chi connectivity index (χ0) is 48.0. The molecule has 331 valence electrons. The molecule has 0 saturated carbocycles. The van der Waals surface area contributed by atoms with Crippen molar-refractivity contribution in [2.75, 3.05) is 0 Å². The zero-order valence-corrected chi connectivity index (χ0v) is 41.1. The van der Waals surface area contributed by atoms with Crippen molar-refractivity contribution in [1.29, 1.82) is 0 Å². The standard InChI is InChI=1S/C47H30N3O.C14H16NSi.Ir/c1-30-26-28-33(29-27-30)43-37-19-9-8-18-36(37)42-38-22-13-23-39(45(38)51-47(42)49-43)46-48-40-24-10-11-25-41(40)50(46)44-34(31-14-4-2-5-15-31)20-12-21-35(44)32-16-6-3-7-17-32;1-16(2,3)13-9-10-14(15-11-13)12-7-5-4-6-8-12;/h2-22,24-29H,1H3;4-7,9-11H,1-3H3;/q2*-1;/i1D3;;. The fraction of sp³-hybridized carbons (Fsp3) is 0.0656. The number of nitrogens with zero attached hydrogens (tertiary/aromatic N) is 4. The smallest absolute Gasteiger partial charge is 0.217 e. The van der Waals surface area contributed by atoms with Crippen molar-refractivity contribution in [1.82, 2.24) is 19.5 Å². The first-order valence-electron chi connectivity index (χ1n) is 23.9. The maximum atomic E-state index is 7.85. The van der Waals surface area contributed by atoms with E-state index in [1.807, 2.05) is 97.2 Å². The van der Waals surface area contributed by atoms with Crippen LogP contribution in [-0.2, 0) is 20.1 Å². The zero-order valence-electron chi connectivity index (χ0n) is 40.7. The molecular formula is C61H46IrN4OSi-2. The minimum absolute atomic E-state index is 0. The first-order valence-corrected chi connectivity index (χ1v) is 25.9.